The minimum atomic E-state index is -3.21. The third kappa shape index (κ3) is 4.44. The second-order valence-corrected chi connectivity index (χ2v) is 9.98. The fourth-order valence-corrected chi connectivity index (χ4v) is 5.57. The molecule has 0 amide bonds. The molecule has 1 aromatic rings. The molecule has 2 aliphatic rings. The quantitative estimate of drug-likeness (QED) is 0.766. The number of sulfonamides is 1. The summed E-state index contributed by atoms with van der Waals surface area (Å²) in [7, 11) is -3.21. The van der Waals surface area contributed by atoms with Gasteiger partial charge in [0.1, 0.15) is 0 Å². The molecule has 1 aromatic carbocycles. The molecule has 0 aliphatic carbocycles. The monoisotopic (exact) mass is 404 g/mol. The number of aliphatic hydroxyl groups is 1. The maximum Gasteiger partial charge on any atom is 0.213 e. The third-order valence-electron chi connectivity index (χ3n) is 5.99. The molecule has 154 valence electrons. The van der Waals surface area contributed by atoms with Crippen molar-refractivity contribution >= 4 is 10.0 Å². The number of rotatable bonds is 5. The zero-order valence-corrected chi connectivity index (χ0v) is 17.8. The van der Waals surface area contributed by atoms with Gasteiger partial charge in [0.05, 0.1) is 12.4 Å². The zero-order valence-electron chi connectivity index (χ0n) is 17.0. The number of nitrogens with zero attached hydrogens (tertiary/aromatic N) is 2. The van der Waals surface area contributed by atoms with Crippen molar-refractivity contribution in [2.24, 2.45) is 0 Å². The van der Waals surface area contributed by atoms with E-state index in [1.807, 2.05) is 12.1 Å². The van der Waals surface area contributed by atoms with Crippen LogP contribution < -0.4 is 0 Å². The first-order valence-corrected chi connectivity index (χ1v) is 12.1. The molecule has 2 heterocycles. The van der Waals surface area contributed by atoms with E-state index in [2.05, 4.69) is 35.8 Å². The van der Waals surface area contributed by atoms with Crippen molar-refractivity contribution in [2.75, 3.05) is 32.0 Å². The minimum absolute atomic E-state index is 0.0614. The van der Waals surface area contributed by atoms with Gasteiger partial charge in [-0.05, 0) is 50.4 Å². The van der Waals surface area contributed by atoms with Crippen LogP contribution in [-0.4, -0.2) is 66.8 Å². The van der Waals surface area contributed by atoms with Gasteiger partial charge in [-0.25, -0.2) is 12.7 Å². The second-order valence-electron chi connectivity index (χ2n) is 7.72. The van der Waals surface area contributed by atoms with Crippen molar-refractivity contribution in [1.29, 1.82) is 0 Å². The van der Waals surface area contributed by atoms with Gasteiger partial charge in [-0.1, -0.05) is 30.9 Å². The first-order chi connectivity index (χ1) is 13.5. The van der Waals surface area contributed by atoms with E-state index in [1.165, 1.54) is 0 Å². The SMILES string of the molecule is CCCC#Cc1ccc([C@@H]2[C@H](CO)N3CCCCN(S(=O)(=O)CC)C[C@@H]23)cc1. The predicted octanol–water partition coefficient (Wildman–Crippen LogP) is 2.41. The van der Waals surface area contributed by atoms with Gasteiger partial charge in [0, 0.05) is 43.1 Å². The highest BCUT2D eigenvalue weighted by molar-refractivity contribution is 7.89. The first kappa shape index (κ1) is 21.3. The van der Waals surface area contributed by atoms with Gasteiger partial charge >= 0.3 is 0 Å². The van der Waals surface area contributed by atoms with E-state index >= 15 is 0 Å². The van der Waals surface area contributed by atoms with Crippen LogP contribution in [0, 0.1) is 11.8 Å². The van der Waals surface area contributed by atoms with E-state index < -0.39 is 10.0 Å². The van der Waals surface area contributed by atoms with E-state index in [-0.39, 0.29) is 30.4 Å². The Hall–Kier alpha value is -1.39. The highest BCUT2D eigenvalue weighted by atomic mass is 32.2. The summed E-state index contributed by atoms with van der Waals surface area (Å²) in [5.74, 6) is 6.64. The fraction of sp³-hybridized carbons (Fsp3) is 0.636. The van der Waals surface area contributed by atoms with Gasteiger partial charge in [-0.3, -0.25) is 4.90 Å². The molecule has 3 rings (SSSR count). The summed E-state index contributed by atoms with van der Waals surface area (Å²) in [4.78, 5) is 2.30. The molecule has 1 N–H and O–H groups in total. The van der Waals surface area contributed by atoms with Gasteiger partial charge in [-0.2, -0.15) is 0 Å². The average Bonchev–Trinajstić information content (AvgIpc) is 2.68. The molecule has 0 saturated carbocycles. The van der Waals surface area contributed by atoms with E-state index in [0.717, 1.165) is 43.4 Å². The van der Waals surface area contributed by atoms with Crippen LogP contribution in [0.1, 0.15) is 56.6 Å². The maximum absolute atomic E-state index is 12.5. The maximum atomic E-state index is 12.5. The van der Waals surface area contributed by atoms with E-state index in [0.29, 0.717) is 13.1 Å². The summed E-state index contributed by atoms with van der Waals surface area (Å²) < 4.78 is 26.7. The Morgan fingerprint density at radius 3 is 2.50 bits per heavy atom. The average molecular weight is 405 g/mol. The molecular formula is C22H32N2O3S. The molecule has 0 radical (unpaired) electrons. The summed E-state index contributed by atoms with van der Waals surface area (Å²) in [5, 5.41) is 9.99. The number of unbranched alkanes of at least 4 members (excludes halogenated alkanes) is 1. The van der Waals surface area contributed by atoms with Crippen LogP contribution in [0.5, 0.6) is 0 Å². The number of hydrogen-bond donors (Lipinski definition) is 1. The standard InChI is InChI=1S/C22H32N2O3S/c1-3-5-6-9-18-10-12-19(13-11-18)22-20-16-23(28(26,27)4-2)14-7-8-15-24(20)21(22)17-25/h10-13,20-22,25H,3-5,7-8,14-17H2,1-2H3/t20-,21-,22-/m0/s1. The molecular weight excluding hydrogens is 372 g/mol. The summed E-state index contributed by atoms with van der Waals surface area (Å²) >= 11 is 0. The number of benzene rings is 1. The lowest BCUT2D eigenvalue weighted by atomic mass is 9.74. The zero-order chi connectivity index (χ0) is 20.1. The van der Waals surface area contributed by atoms with Gasteiger partial charge < -0.3 is 5.11 Å². The summed E-state index contributed by atoms with van der Waals surface area (Å²) in [6.07, 6.45) is 3.79. The smallest absolute Gasteiger partial charge is 0.213 e. The Morgan fingerprint density at radius 2 is 1.86 bits per heavy atom. The Labute approximate surface area is 169 Å². The van der Waals surface area contributed by atoms with E-state index in [4.69, 9.17) is 0 Å². The van der Waals surface area contributed by atoms with Crippen molar-refractivity contribution in [3.63, 3.8) is 0 Å². The fourth-order valence-electron chi connectivity index (χ4n) is 4.42. The predicted molar refractivity (Wildman–Crippen MR) is 113 cm³/mol. The third-order valence-corrected chi connectivity index (χ3v) is 7.84. The van der Waals surface area contributed by atoms with Crippen molar-refractivity contribution in [2.45, 2.75) is 57.5 Å². The highest BCUT2D eigenvalue weighted by Crippen LogP contribution is 2.42. The minimum Gasteiger partial charge on any atom is -0.395 e. The normalized spacial score (nSPS) is 26.3. The topological polar surface area (TPSA) is 60.9 Å². The lowest BCUT2D eigenvalue weighted by Crippen LogP contribution is -2.67. The van der Waals surface area contributed by atoms with Crippen LogP contribution >= 0.6 is 0 Å². The molecule has 0 unspecified atom stereocenters. The van der Waals surface area contributed by atoms with Crippen LogP contribution in [0.2, 0.25) is 0 Å². The Bertz CT molecular complexity index is 810. The lowest BCUT2D eigenvalue weighted by molar-refractivity contribution is -0.0553. The molecule has 0 bridgehead atoms. The van der Waals surface area contributed by atoms with Gasteiger partial charge in [0.2, 0.25) is 10.0 Å². The molecule has 6 heteroatoms. The van der Waals surface area contributed by atoms with Crippen molar-refractivity contribution in [3.8, 4) is 11.8 Å². The van der Waals surface area contributed by atoms with Crippen molar-refractivity contribution < 1.29 is 13.5 Å². The number of aliphatic hydroxyl groups excluding tert-OH is 1. The molecule has 2 saturated heterocycles. The Kier molecular flexibility index (Phi) is 7.16. The summed E-state index contributed by atoms with van der Waals surface area (Å²) in [5.41, 5.74) is 2.16. The summed E-state index contributed by atoms with van der Waals surface area (Å²) in [6.45, 7) is 5.95. The molecule has 5 nitrogen and oxygen atoms in total. The Morgan fingerprint density at radius 1 is 1.14 bits per heavy atom. The van der Waals surface area contributed by atoms with Crippen LogP contribution in [0.25, 0.3) is 0 Å². The largest absolute Gasteiger partial charge is 0.395 e. The van der Waals surface area contributed by atoms with Crippen molar-refractivity contribution in [1.82, 2.24) is 9.21 Å². The highest BCUT2D eigenvalue weighted by Gasteiger charge is 2.49. The molecule has 0 spiro atoms. The first-order valence-electron chi connectivity index (χ1n) is 10.4. The van der Waals surface area contributed by atoms with Crippen molar-refractivity contribution in [3.05, 3.63) is 35.4 Å². The molecule has 2 fully saturated rings. The van der Waals surface area contributed by atoms with Crippen LogP contribution in [-0.2, 0) is 10.0 Å². The number of fused-ring (bicyclic) bond motifs is 1. The molecule has 2 aliphatic heterocycles. The van der Waals surface area contributed by atoms with Crippen LogP contribution in [0.3, 0.4) is 0 Å². The second kappa shape index (κ2) is 9.41. The van der Waals surface area contributed by atoms with E-state index in [1.54, 1.807) is 11.2 Å². The number of hydrogen-bond acceptors (Lipinski definition) is 4. The summed E-state index contributed by atoms with van der Waals surface area (Å²) in [6, 6.07) is 8.45. The van der Waals surface area contributed by atoms with Crippen LogP contribution in [0.4, 0.5) is 0 Å². The Balaban J connectivity index is 1.82. The molecule has 3 atom stereocenters. The van der Waals surface area contributed by atoms with Gasteiger partial charge in [0.15, 0.2) is 0 Å². The van der Waals surface area contributed by atoms with E-state index in [9.17, 15) is 13.5 Å². The van der Waals surface area contributed by atoms with Gasteiger partial charge in [-0.15, -0.1) is 0 Å². The molecule has 28 heavy (non-hydrogen) atoms. The van der Waals surface area contributed by atoms with Gasteiger partial charge in [0.25, 0.3) is 0 Å². The lowest BCUT2D eigenvalue weighted by Gasteiger charge is -2.57. The molecule has 0 aromatic heterocycles. The van der Waals surface area contributed by atoms with Crippen LogP contribution in [0.15, 0.2) is 24.3 Å².